The molecule has 2 aromatic rings. The molecule has 6 heteroatoms. The monoisotopic (exact) mass is 363 g/mol. The molecule has 5 nitrogen and oxygen atoms in total. The Morgan fingerprint density at radius 1 is 1.20 bits per heavy atom. The summed E-state index contributed by atoms with van der Waals surface area (Å²) in [5.74, 6) is 1.51. The first-order valence-electron chi connectivity index (χ1n) is 8.10. The van der Waals surface area contributed by atoms with Crippen LogP contribution in [0.25, 0.3) is 0 Å². The number of benzene rings is 2. The molecule has 0 fully saturated rings. The molecule has 0 aliphatic heterocycles. The highest BCUT2D eigenvalue weighted by atomic mass is 35.5. The Morgan fingerprint density at radius 2 is 2.00 bits per heavy atom. The van der Waals surface area contributed by atoms with E-state index in [1.165, 1.54) is 0 Å². The lowest BCUT2D eigenvalue weighted by Crippen LogP contribution is -2.87. The maximum Gasteiger partial charge on any atom is 0.275 e. The molecule has 0 saturated carbocycles. The number of hydrogen-bond donors (Lipinski definition) is 2. The van der Waals surface area contributed by atoms with E-state index >= 15 is 0 Å². The van der Waals surface area contributed by atoms with Gasteiger partial charge in [0.1, 0.15) is 17.5 Å². The van der Waals surface area contributed by atoms with Crippen LogP contribution in [0.4, 0.5) is 0 Å². The van der Waals surface area contributed by atoms with Crippen LogP contribution in [0.5, 0.6) is 11.5 Å². The molecule has 0 spiro atoms. The number of ether oxygens (including phenoxy) is 2. The van der Waals surface area contributed by atoms with Gasteiger partial charge in [-0.25, -0.2) is 0 Å². The van der Waals surface area contributed by atoms with Crippen LogP contribution >= 0.6 is 11.6 Å². The quantitative estimate of drug-likeness (QED) is 0.756. The lowest BCUT2D eigenvalue weighted by atomic mass is 10.1. The van der Waals surface area contributed by atoms with Crippen molar-refractivity contribution in [1.29, 1.82) is 0 Å². The Balaban J connectivity index is 1.88. The Labute approximate surface area is 153 Å². The minimum atomic E-state index is -0.0336. The minimum Gasteiger partial charge on any atom is -0.497 e. The summed E-state index contributed by atoms with van der Waals surface area (Å²) in [6.07, 6.45) is 0. The topological polar surface area (TPSA) is 64.2 Å². The van der Waals surface area contributed by atoms with Crippen molar-refractivity contribution < 1.29 is 19.6 Å². The van der Waals surface area contributed by atoms with Gasteiger partial charge in [0, 0.05) is 11.6 Å². The molecule has 2 aromatic carbocycles. The molecular weight excluding hydrogens is 340 g/mol. The summed E-state index contributed by atoms with van der Waals surface area (Å²) in [4.78, 5) is 12.1. The molecule has 0 aliphatic carbocycles. The maximum atomic E-state index is 12.1. The third kappa shape index (κ3) is 5.66. The fourth-order valence-corrected chi connectivity index (χ4v) is 2.74. The molecule has 0 saturated heterocycles. The first kappa shape index (κ1) is 19.1. The fraction of sp³-hybridized carbons (Fsp3) is 0.316. The van der Waals surface area contributed by atoms with E-state index in [1.54, 1.807) is 14.2 Å². The lowest BCUT2D eigenvalue weighted by Gasteiger charge is -2.15. The van der Waals surface area contributed by atoms with Gasteiger partial charge in [0.2, 0.25) is 0 Å². The number of nitrogens with one attached hydrogen (secondary N) is 1. The third-order valence-electron chi connectivity index (χ3n) is 3.96. The van der Waals surface area contributed by atoms with Crippen molar-refractivity contribution in [2.24, 2.45) is 0 Å². The van der Waals surface area contributed by atoms with Crippen molar-refractivity contribution >= 4 is 17.5 Å². The second kappa shape index (κ2) is 9.30. The smallest absolute Gasteiger partial charge is 0.275 e. The van der Waals surface area contributed by atoms with Crippen LogP contribution in [0.2, 0.25) is 5.02 Å². The van der Waals surface area contributed by atoms with Crippen molar-refractivity contribution in [3.63, 3.8) is 0 Å². The summed E-state index contributed by atoms with van der Waals surface area (Å²) >= 11 is 5.94. The predicted molar refractivity (Wildman–Crippen MR) is 98.1 cm³/mol. The first-order chi connectivity index (χ1) is 12.0. The van der Waals surface area contributed by atoms with Gasteiger partial charge in [0.05, 0.1) is 19.8 Å². The van der Waals surface area contributed by atoms with Crippen molar-refractivity contribution in [3.05, 3.63) is 58.6 Å². The number of quaternary nitrogens is 1. The van der Waals surface area contributed by atoms with Crippen LogP contribution in [-0.2, 0) is 11.3 Å². The van der Waals surface area contributed by atoms with Crippen molar-refractivity contribution in [1.82, 2.24) is 5.32 Å². The summed E-state index contributed by atoms with van der Waals surface area (Å²) in [7, 11) is 3.26. The van der Waals surface area contributed by atoms with E-state index in [2.05, 4.69) is 5.32 Å². The predicted octanol–water partition coefficient (Wildman–Crippen LogP) is 2.30. The zero-order valence-corrected chi connectivity index (χ0v) is 15.5. The first-order valence-corrected chi connectivity index (χ1v) is 8.47. The molecule has 1 amide bonds. The molecule has 1 atom stereocenters. The number of amides is 1. The van der Waals surface area contributed by atoms with E-state index in [0.717, 1.165) is 22.6 Å². The number of methoxy groups -OCH3 is 2. The van der Waals surface area contributed by atoms with Crippen LogP contribution < -0.4 is 20.1 Å². The highest BCUT2D eigenvalue weighted by Crippen LogP contribution is 2.27. The average Bonchev–Trinajstić information content (AvgIpc) is 2.63. The van der Waals surface area contributed by atoms with Gasteiger partial charge in [-0.15, -0.1) is 0 Å². The zero-order chi connectivity index (χ0) is 18.2. The largest absolute Gasteiger partial charge is 0.497 e. The number of nitrogens with two attached hydrogens (primary N) is 1. The van der Waals surface area contributed by atoms with E-state index in [-0.39, 0.29) is 11.9 Å². The van der Waals surface area contributed by atoms with Crippen molar-refractivity contribution in [3.8, 4) is 11.5 Å². The van der Waals surface area contributed by atoms with Crippen LogP contribution in [0, 0.1) is 0 Å². The molecule has 0 radical (unpaired) electrons. The van der Waals surface area contributed by atoms with Gasteiger partial charge in [-0.3, -0.25) is 4.79 Å². The standard InChI is InChI=1S/C19H23ClN2O3/c1-13(17-10-16(24-2)7-8-18(17)25-3)21-12-19(23)22-11-14-5-4-6-15(20)9-14/h4-10,13,21H,11-12H2,1-3H3,(H,22,23)/p+1/t13-/m0/s1. The van der Waals surface area contributed by atoms with Gasteiger partial charge >= 0.3 is 0 Å². The molecule has 0 unspecified atom stereocenters. The van der Waals surface area contributed by atoms with E-state index in [9.17, 15) is 4.79 Å². The Kier molecular flexibility index (Phi) is 7.10. The normalized spacial score (nSPS) is 11.7. The summed E-state index contributed by atoms with van der Waals surface area (Å²) in [5.41, 5.74) is 1.97. The van der Waals surface area contributed by atoms with E-state index in [0.29, 0.717) is 18.1 Å². The number of rotatable bonds is 8. The molecule has 25 heavy (non-hydrogen) atoms. The van der Waals surface area contributed by atoms with E-state index in [4.69, 9.17) is 21.1 Å². The lowest BCUT2D eigenvalue weighted by molar-refractivity contribution is -0.682. The molecule has 0 bridgehead atoms. The fourth-order valence-electron chi connectivity index (χ4n) is 2.53. The van der Waals surface area contributed by atoms with Gasteiger partial charge in [-0.2, -0.15) is 0 Å². The zero-order valence-electron chi connectivity index (χ0n) is 14.7. The highest BCUT2D eigenvalue weighted by molar-refractivity contribution is 6.30. The second-order valence-corrected chi connectivity index (χ2v) is 6.18. The average molecular weight is 364 g/mol. The summed E-state index contributed by atoms with van der Waals surface area (Å²) < 4.78 is 10.7. The van der Waals surface area contributed by atoms with Crippen molar-refractivity contribution in [2.45, 2.75) is 19.5 Å². The number of carbonyl (C=O) groups excluding carboxylic acids is 1. The molecule has 3 N–H and O–H groups in total. The van der Waals surface area contributed by atoms with Crippen molar-refractivity contribution in [2.75, 3.05) is 20.8 Å². The van der Waals surface area contributed by atoms with Gasteiger partial charge in [-0.1, -0.05) is 23.7 Å². The minimum absolute atomic E-state index is 0.0336. The highest BCUT2D eigenvalue weighted by Gasteiger charge is 2.17. The molecule has 134 valence electrons. The number of hydrogen-bond acceptors (Lipinski definition) is 3. The van der Waals surface area contributed by atoms with E-state index < -0.39 is 0 Å². The molecular formula is C19H24ClN2O3+. The van der Waals surface area contributed by atoms with Gasteiger partial charge < -0.3 is 20.1 Å². The number of carbonyl (C=O) groups is 1. The van der Waals surface area contributed by atoms with Gasteiger partial charge in [0.15, 0.2) is 6.54 Å². The van der Waals surface area contributed by atoms with Crippen LogP contribution in [0.3, 0.4) is 0 Å². The number of halogens is 1. The molecule has 0 aliphatic rings. The van der Waals surface area contributed by atoms with Gasteiger partial charge in [-0.05, 0) is 42.8 Å². The third-order valence-corrected chi connectivity index (χ3v) is 4.20. The Morgan fingerprint density at radius 3 is 2.68 bits per heavy atom. The molecule has 0 heterocycles. The SMILES string of the molecule is COc1ccc(OC)c([C@H](C)[NH2+]CC(=O)NCc2cccc(Cl)c2)c1. The van der Waals surface area contributed by atoms with Crippen LogP contribution in [0.15, 0.2) is 42.5 Å². The van der Waals surface area contributed by atoms with Crippen LogP contribution in [-0.4, -0.2) is 26.7 Å². The second-order valence-electron chi connectivity index (χ2n) is 5.74. The Hall–Kier alpha value is -2.24. The summed E-state index contributed by atoms with van der Waals surface area (Å²) in [5, 5.41) is 5.53. The summed E-state index contributed by atoms with van der Waals surface area (Å²) in [6, 6.07) is 13.2. The molecule has 0 aromatic heterocycles. The summed E-state index contributed by atoms with van der Waals surface area (Å²) in [6.45, 7) is 2.81. The Bertz CT molecular complexity index is 722. The molecule has 2 rings (SSSR count). The van der Waals surface area contributed by atoms with Crippen LogP contribution in [0.1, 0.15) is 24.1 Å². The van der Waals surface area contributed by atoms with E-state index in [1.807, 2.05) is 54.7 Å². The van der Waals surface area contributed by atoms with Gasteiger partial charge in [0.25, 0.3) is 5.91 Å². The maximum absolute atomic E-state index is 12.1.